The van der Waals surface area contributed by atoms with Gasteiger partial charge >= 0.3 is 0 Å². The van der Waals surface area contributed by atoms with Gasteiger partial charge in [-0.25, -0.2) is 0 Å². The molecule has 0 aromatic heterocycles. The van der Waals surface area contributed by atoms with Crippen molar-refractivity contribution < 1.29 is 8.42 Å². The second kappa shape index (κ2) is 7.90. The minimum absolute atomic E-state index is 0.127. The van der Waals surface area contributed by atoms with Crippen molar-refractivity contribution in [3.05, 3.63) is 0 Å². The van der Waals surface area contributed by atoms with Gasteiger partial charge in [0.2, 0.25) is 0 Å². The molecule has 1 aliphatic heterocycles. The van der Waals surface area contributed by atoms with E-state index in [0.717, 1.165) is 45.3 Å². The molecule has 0 radical (unpaired) electrons. The molecule has 0 aromatic carbocycles. The third-order valence-corrected chi connectivity index (χ3v) is 6.52. The number of rotatable bonds is 9. The first-order valence-corrected chi connectivity index (χ1v) is 9.96. The normalized spacial score (nSPS) is 24.6. The fraction of sp³-hybridized carbons (Fsp3) is 1.00. The predicted molar refractivity (Wildman–Crippen MR) is 86.4 cm³/mol. The van der Waals surface area contributed by atoms with Crippen LogP contribution in [0.15, 0.2) is 0 Å². The monoisotopic (exact) mass is 317 g/mol. The van der Waals surface area contributed by atoms with Crippen molar-refractivity contribution in [2.24, 2.45) is 5.92 Å². The van der Waals surface area contributed by atoms with Crippen LogP contribution >= 0.6 is 0 Å². The fourth-order valence-electron chi connectivity index (χ4n) is 3.08. The molecule has 0 amide bonds. The highest BCUT2D eigenvalue weighted by Crippen LogP contribution is 2.32. The van der Waals surface area contributed by atoms with Crippen LogP contribution in [0.25, 0.3) is 0 Å². The molecule has 2 aliphatic rings. The second-order valence-corrected chi connectivity index (χ2v) is 8.26. The molecule has 1 unspecified atom stereocenters. The van der Waals surface area contributed by atoms with Gasteiger partial charge in [-0.05, 0) is 44.6 Å². The molecule has 1 heterocycles. The standard InChI is InChI=1S/C15H31N3O2S/c1-3-10-17(13-14-8-9-14)21(19,20)18-11-6-5-7-15(18)12-16-4-2/h14-16H,3-13H2,1-2H3. The summed E-state index contributed by atoms with van der Waals surface area (Å²) in [5, 5.41) is 3.32. The van der Waals surface area contributed by atoms with E-state index >= 15 is 0 Å². The van der Waals surface area contributed by atoms with E-state index in [9.17, 15) is 8.42 Å². The first-order chi connectivity index (χ1) is 10.1. The van der Waals surface area contributed by atoms with E-state index in [0.29, 0.717) is 19.0 Å². The van der Waals surface area contributed by atoms with Gasteiger partial charge in [-0.15, -0.1) is 0 Å². The first kappa shape index (κ1) is 17.2. The fourth-order valence-corrected chi connectivity index (χ4v) is 5.11. The van der Waals surface area contributed by atoms with Gasteiger partial charge in [0.1, 0.15) is 0 Å². The van der Waals surface area contributed by atoms with Gasteiger partial charge < -0.3 is 5.32 Å². The highest BCUT2D eigenvalue weighted by molar-refractivity contribution is 7.86. The van der Waals surface area contributed by atoms with Gasteiger partial charge in [-0.2, -0.15) is 17.0 Å². The van der Waals surface area contributed by atoms with Crippen LogP contribution in [0.5, 0.6) is 0 Å². The first-order valence-electron chi connectivity index (χ1n) is 8.57. The molecular formula is C15H31N3O2S. The lowest BCUT2D eigenvalue weighted by atomic mass is 10.1. The van der Waals surface area contributed by atoms with Crippen LogP contribution in [-0.4, -0.2) is 55.8 Å². The molecule has 0 aromatic rings. The Morgan fingerprint density at radius 2 is 1.95 bits per heavy atom. The molecule has 1 atom stereocenters. The van der Waals surface area contributed by atoms with Crippen LogP contribution < -0.4 is 5.32 Å². The summed E-state index contributed by atoms with van der Waals surface area (Å²) in [6, 6.07) is 0.127. The maximum atomic E-state index is 13.0. The zero-order valence-corrected chi connectivity index (χ0v) is 14.4. The van der Waals surface area contributed by atoms with Crippen LogP contribution in [0.4, 0.5) is 0 Å². The van der Waals surface area contributed by atoms with E-state index in [1.165, 1.54) is 12.8 Å². The van der Waals surface area contributed by atoms with Gasteiger partial charge in [0.15, 0.2) is 0 Å². The van der Waals surface area contributed by atoms with Crippen molar-refractivity contribution in [2.45, 2.75) is 58.4 Å². The van der Waals surface area contributed by atoms with E-state index in [4.69, 9.17) is 0 Å². The Morgan fingerprint density at radius 3 is 2.57 bits per heavy atom. The molecular weight excluding hydrogens is 286 g/mol. The van der Waals surface area contributed by atoms with Gasteiger partial charge in [0.05, 0.1) is 0 Å². The number of likely N-dealkylation sites (N-methyl/N-ethyl adjacent to an activating group) is 1. The Morgan fingerprint density at radius 1 is 1.19 bits per heavy atom. The van der Waals surface area contributed by atoms with E-state index in [1.807, 2.05) is 0 Å². The Labute approximate surface area is 130 Å². The lowest BCUT2D eigenvalue weighted by Crippen LogP contribution is -2.54. The number of piperidine rings is 1. The molecule has 21 heavy (non-hydrogen) atoms. The molecule has 2 rings (SSSR count). The number of nitrogens with one attached hydrogen (secondary N) is 1. The molecule has 0 spiro atoms. The molecule has 1 saturated carbocycles. The van der Waals surface area contributed by atoms with Crippen molar-refractivity contribution in [1.82, 2.24) is 13.9 Å². The Hall–Kier alpha value is -0.170. The number of hydrogen-bond acceptors (Lipinski definition) is 3. The van der Waals surface area contributed by atoms with E-state index in [2.05, 4.69) is 19.2 Å². The molecule has 124 valence electrons. The zero-order chi connectivity index (χ0) is 15.3. The highest BCUT2D eigenvalue weighted by Gasteiger charge is 2.38. The van der Waals surface area contributed by atoms with Crippen molar-refractivity contribution in [3.8, 4) is 0 Å². The molecule has 1 saturated heterocycles. The summed E-state index contributed by atoms with van der Waals surface area (Å²) in [6.45, 7) is 7.86. The maximum Gasteiger partial charge on any atom is 0.282 e. The van der Waals surface area contributed by atoms with Gasteiger partial charge in [0.25, 0.3) is 10.2 Å². The largest absolute Gasteiger partial charge is 0.315 e. The van der Waals surface area contributed by atoms with Crippen molar-refractivity contribution in [3.63, 3.8) is 0 Å². The summed E-state index contributed by atoms with van der Waals surface area (Å²) in [4.78, 5) is 0. The van der Waals surface area contributed by atoms with Crippen molar-refractivity contribution in [1.29, 1.82) is 0 Å². The van der Waals surface area contributed by atoms with Crippen molar-refractivity contribution in [2.75, 3.05) is 32.7 Å². The minimum atomic E-state index is -3.29. The predicted octanol–water partition coefficient (Wildman–Crippen LogP) is 1.82. The smallest absolute Gasteiger partial charge is 0.282 e. The third-order valence-electron chi connectivity index (χ3n) is 4.46. The van der Waals surface area contributed by atoms with E-state index in [1.54, 1.807) is 8.61 Å². The van der Waals surface area contributed by atoms with Gasteiger partial charge in [-0.3, -0.25) is 0 Å². The van der Waals surface area contributed by atoms with Crippen molar-refractivity contribution >= 4 is 10.2 Å². The maximum absolute atomic E-state index is 13.0. The third kappa shape index (κ3) is 4.65. The summed E-state index contributed by atoms with van der Waals surface area (Å²) in [6.07, 6.45) is 6.38. The van der Waals surface area contributed by atoms with Crippen LogP contribution in [0, 0.1) is 5.92 Å². The summed E-state index contributed by atoms with van der Waals surface area (Å²) in [5.41, 5.74) is 0. The van der Waals surface area contributed by atoms with Gasteiger partial charge in [0, 0.05) is 32.2 Å². The average molecular weight is 317 g/mol. The van der Waals surface area contributed by atoms with Crippen LogP contribution in [0.2, 0.25) is 0 Å². The van der Waals surface area contributed by atoms with Crippen LogP contribution in [-0.2, 0) is 10.2 Å². The number of nitrogens with zero attached hydrogens (tertiary/aromatic N) is 2. The summed E-state index contributed by atoms with van der Waals surface area (Å²) < 4.78 is 29.6. The van der Waals surface area contributed by atoms with E-state index < -0.39 is 10.2 Å². The zero-order valence-electron chi connectivity index (χ0n) is 13.6. The molecule has 1 N–H and O–H groups in total. The Kier molecular flexibility index (Phi) is 6.47. The molecule has 6 heteroatoms. The Bertz CT molecular complexity index is 409. The quantitative estimate of drug-likeness (QED) is 0.706. The lowest BCUT2D eigenvalue weighted by molar-refractivity contribution is 0.225. The summed E-state index contributed by atoms with van der Waals surface area (Å²) in [7, 11) is -3.29. The SMILES string of the molecule is CCCN(CC1CC1)S(=O)(=O)N1CCCCC1CNCC. The summed E-state index contributed by atoms with van der Waals surface area (Å²) in [5.74, 6) is 0.600. The van der Waals surface area contributed by atoms with Crippen LogP contribution in [0.1, 0.15) is 52.4 Å². The van der Waals surface area contributed by atoms with E-state index in [-0.39, 0.29) is 6.04 Å². The second-order valence-electron chi connectivity index (χ2n) is 6.38. The molecule has 1 aliphatic carbocycles. The lowest BCUT2D eigenvalue weighted by Gasteiger charge is -2.38. The Balaban J connectivity index is 2.08. The topological polar surface area (TPSA) is 52.7 Å². The molecule has 0 bridgehead atoms. The average Bonchev–Trinajstić information content (AvgIpc) is 3.29. The summed E-state index contributed by atoms with van der Waals surface area (Å²) >= 11 is 0. The minimum Gasteiger partial charge on any atom is -0.315 e. The van der Waals surface area contributed by atoms with Gasteiger partial charge in [-0.1, -0.05) is 20.3 Å². The molecule has 5 nitrogen and oxygen atoms in total. The van der Waals surface area contributed by atoms with Crippen LogP contribution in [0.3, 0.4) is 0 Å². The molecule has 2 fully saturated rings. The number of hydrogen-bond donors (Lipinski definition) is 1. The highest BCUT2D eigenvalue weighted by atomic mass is 32.2.